The molecule has 1 atom stereocenters. The van der Waals surface area contributed by atoms with Crippen molar-refractivity contribution in [1.82, 2.24) is 0 Å². The van der Waals surface area contributed by atoms with Gasteiger partial charge in [-0.3, -0.25) is 14.9 Å². The van der Waals surface area contributed by atoms with E-state index in [0.717, 1.165) is 12.1 Å². The van der Waals surface area contributed by atoms with Crippen LogP contribution in [0.25, 0.3) is 0 Å². The third-order valence-electron chi connectivity index (χ3n) is 3.83. The summed E-state index contributed by atoms with van der Waals surface area (Å²) in [5.74, 6) is -2.49. The third kappa shape index (κ3) is 2.83. The molecule has 1 aromatic rings. The van der Waals surface area contributed by atoms with Crippen molar-refractivity contribution < 1.29 is 24.7 Å². The Hall–Kier alpha value is -2.67. The van der Waals surface area contributed by atoms with Crippen molar-refractivity contribution in [3.63, 3.8) is 0 Å². The highest BCUT2D eigenvalue weighted by Gasteiger charge is 2.43. The SMILES string of the molecule is CC1=C(C(=O)O)CC(C(=O)O)(c2ccc([N+](=O)[O-])cc2Cl)C=C1. The van der Waals surface area contributed by atoms with Crippen LogP contribution in [0.1, 0.15) is 18.9 Å². The van der Waals surface area contributed by atoms with Crippen molar-refractivity contribution in [2.75, 3.05) is 0 Å². The fraction of sp³-hybridized carbons (Fsp3) is 0.200. The van der Waals surface area contributed by atoms with E-state index in [1.807, 2.05) is 0 Å². The van der Waals surface area contributed by atoms with Gasteiger partial charge in [0.15, 0.2) is 0 Å². The molecule has 1 aliphatic rings. The van der Waals surface area contributed by atoms with Crippen molar-refractivity contribution in [2.45, 2.75) is 18.8 Å². The second kappa shape index (κ2) is 5.85. The Morgan fingerprint density at radius 3 is 2.48 bits per heavy atom. The summed E-state index contributed by atoms with van der Waals surface area (Å²) in [6.07, 6.45) is 2.49. The normalized spacial score (nSPS) is 20.4. The van der Waals surface area contributed by atoms with Crippen LogP contribution in [0.15, 0.2) is 41.5 Å². The number of nitrogens with zero attached hydrogens (tertiary/aromatic N) is 1. The molecule has 0 saturated heterocycles. The van der Waals surface area contributed by atoms with Crippen molar-refractivity contribution >= 4 is 29.2 Å². The molecule has 0 aromatic heterocycles. The molecule has 1 unspecified atom stereocenters. The van der Waals surface area contributed by atoms with Crippen molar-refractivity contribution in [1.29, 1.82) is 0 Å². The lowest BCUT2D eigenvalue weighted by molar-refractivity contribution is -0.384. The summed E-state index contributed by atoms with van der Waals surface area (Å²) in [6, 6.07) is 3.45. The number of allylic oxidation sites excluding steroid dienone is 2. The minimum Gasteiger partial charge on any atom is -0.480 e. The third-order valence-corrected chi connectivity index (χ3v) is 4.15. The van der Waals surface area contributed by atoms with Crippen LogP contribution in [0.2, 0.25) is 5.02 Å². The van der Waals surface area contributed by atoms with Crippen LogP contribution in [-0.2, 0) is 15.0 Å². The van der Waals surface area contributed by atoms with E-state index in [9.17, 15) is 29.9 Å². The van der Waals surface area contributed by atoms with Crippen molar-refractivity contribution in [3.8, 4) is 0 Å². The number of rotatable bonds is 4. The van der Waals surface area contributed by atoms with Gasteiger partial charge < -0.3 is 10.2 Å². The van der Waals surface area contributed by atoms with Gasteiger partial charge in [-0.2, -0.15) is 0 Å². The standard InChI is InChI=1S/C15H12ClNO6/c1-8-4-5-15(14(20)21,7-10(8)13(18)19)11-3-2-9(17(22)23)6-12(11)16/h2-6H,7H2,1H3,(H,18,19)(H,20,21). The number of carbonyl (C=O) groups is 2. The molecule has 1 aromatic carbocycles. The predicted octanol–water partition coefficient (Wildman–Crippen LogP) is 2.93. The molecule has 0 heterocycles. The first kappa shape index (κ1) is 16.7. The number of hydrogen-bond donors (Lipinski definition) is 2. The fourth-order valence-electron chi connectivity index (χ4n) is 2.52. The van der Waals surface area contributed by atoms with Gasteiger partial charge >= 0.3 is 11.9 Å². The van der Waals surface area contributed by atoms with Crippen LogP contribution in [-0.4, -0.2) is 27.1 Å². The van der Waals surface area contributed by atoms with Crippen LogP contribution in [0, 0.1) is 10.1 Å². The van der Waals surface area contributed by atoms with E-state index >= 15 is 0 Å². The monoisotopic (exact) mass is 337 g/mol. The molecule has 120 valence electrons. The van der Waals surface area contributed by atoms with E-state index in [1.54, 1.807) is 6.92 Å². The lowest BCUT2D eigenvalue weighted by Crippen LogP contribution is -2.37. The molecule has 23 heavy (non-hydrogen) atoms. The Morgan fingerprint density at radius 2 is 2.00 bits per heavy atom. The molecular formula is C15H12ClNO6. The average molecular weight is 338 g/mol. The van der Waals surface area contributed by atoms with Gasteiger partial charge in [-0.25, -0.2) is 4.79 Å². The summed E-state index contributed by atoms with van der Waals surface area (Å²) in [6.45, 7) is 1.57. The van der Waals surface area contributed by atoms with Gasteiger partial charge in [0.2, 0.25) is 0 Å². The van der Waals surface area contributed by atoms with E-state index in [-0.39, 0.29) is 28.3 Å². The van der Waals surface area contributed by atoms with Gasteiger partial charge in [-0.05, 0) is 24.1 Å². The molecule has 0 aliphatic heterocycles. The maximum Gasteiger partial charge on any atom is 0.331 e. The van der Waals surface area contributed by atoms with Crippen LogP contribution in [0.3, 0.4) is 0 Å². The minimum absolute atomic E-state index is 0.0377. The fourth-order valence-corrected chi connectivity index (χ4v) is 2.86. The number of carboxylic acids is 2. The maximum absolute atomic E-state index is 11.9. The Labute approximate surface area is 135 Å². The van der Waals surface area contributed by atoms with Crippen molar-refractivity contribution in [3.05, 3.63) is 62.2 Å². The number of benzene rings is 1. The van der Waals surface area contributed by atoms with E-state index in [4.69, 9.17) is 11.6 Å². The second-order valence-electron chi connectivity index (χ2n) is 5.17. The quantitative estimate of drug-likeness (QED) is 0.644. The largest absolute Gasteiger partial charge is 0.480 e. The summed E-state index contributed by atoms with van der Waals surface area (Å²) in [7, 11) is 0. The van der Waals surface area contributed by atoms with Gasteiger partial charge in [0, 0.05) is 24.1 Å². The zero-order valence-corrected chi connectivity index (χ0v) is 12.7. The van der Waals surface area contributed by atoms with Gasteiger partial charge in [0.05, 0.1) is 9.95 Å². The molecule has 2 N–H and O–H groups in total. The van der Waals surface area contributed by atoms with Crippen molar-refractivity contribution in [2.24, 2.45) is 0 Å². The molecule has 0 spiro atoms. The molecule has 0 amide bonds. The summed E-state index contributed by atoms with van der Waals surface area (Å²) in [5, 5.41) is 29.6. The molecule has 0 bridgehead atoms. The summed E-state index contributed by atoms with van der Waals surface area (Å²) < 4.78 is 0. The van der Waals surface area contributed by atoms with Crippen LogP contribution < -0.4 is 0 Å². The molecule has 1 aliphatic carbocycles. The number of nitro groups is 1. The number of nitro benzene ring substituents is 1. The van der Waals surface area contributed by atoms with E-state index < -0.39 is 22.3 Å². The Bertz CT molecular complexity index is 782. The molecule has 0 radical (unpaired) electrons. The van der Waals surface area contributed by atoms with Gasteiger partial charge in [-0.1, -0.05) is 23.8 Å². The second-order valence-corrected chi connectivity index (χ2v) is 5.58. The average Bonchev–Trinajstić information content (AvgIpc) is 2.47. The number of aliphatic carboxylic acids is 2. The van der Waals surface area contributed by atoms with E-state index in [2.05, 4.69) is 0 Å². The Balaban J connectivity index is 2.62. The zero-order valence-electron chi connectivity index (χ0n) is 11.9. The van der Waals surface area contributed by atoms with Crippen LogP contribution in [0.5, 0.6) is 0 Å². The lowest BCUT2D eigenvalue weighted by Gasteiger charge is -2.31. The highest BCUT2D eigenvalue weighted by Crippen LogP contribution is 2.42. The van der Waals surface area contributed by atoms with Crippen LogP contribution >= 0.6 is 11.6 Å². The highest BCUT2D eigenvalue weighted by molar-refractivity contribution is 6.32. The summed E-state index contributed by atoms with van der Waals surface area (Å²) in [5.41, 5.74) is -1.43. The molecule has 0 fully saturated rings. The first-order valence-corrected chi connectivity index (χ1v) is 6.87. The molecular weight excluding hydrogens is 326 g/mol. The van der Waals surface area contributed by atoms with E-state index in [0.29, 0.717) is 5.57 Å². The number of hydrogen-bond acceptors (Lipinski definition) is 4. The maximum atomic E-state index is 11.9. The Morgan fingerprint density at radius 1 is 1.35 bits per heavy atom. The smallest absolute Gasteiger partial charge is 0.331 e. The number of halogens is 1. The highest BCUT2D eigenvalue weighted by atomic mass is 35.5. The van der Waals surface area contributed by atoms with E-state index in [1.165, 1.54) is 18.2 Å². The zero-order chi connectivity index (χ0) is 17.4. The number of non-ortho nitro benzene ring substituents is 1. The summed E-state index contributed by atoms with van der Waals surface area (Å²) >= 11 is 6.04. The Kier molecular flexibility index (Phi) is 4.24. The van der Waals surface area contributed by atoms with Gasteiger partial charge in [0.25, 0.3) is 5.69 Å². The van der Waals surface area contributed by atoms with Crippen LogP contribution in [0.4, 0.5) is 5.69 Å². The van der Waals surface area contributed by atoms with Gasteiger partial charge in [0.1, 0.15) is 5.41 Å². The summed E-state index contributed by atoms with van der Waals surface area (Å²) in [4.78, 5) is 33.3. The predicted molar refractivity (Wildman–Crippen MR) is 81.5 cm³/mol. The lowest BCUT2D eigenvalue weighted by atomic mass is 9.71. The first-order valence-electron chi connectivity index (χ1n) is 6.49. The molecule has 0 saturated carbocycles. The van der Waals surface area contributed by atoms with Gasteiger partial charge in [-0.15, -0.1) is 0 Å². The topological polar surface area (TPSA) is 118 Å². The number of carboxylic acid groups (broad SMARTS) is 2. The molecule has 8 heteroatoms. The molecule has 7 nitrogen and oxygen atoms in total. The molecule has 2 rings (SSSR count). The minimum atomic E-state index is -1.68. The first-order chi connectivity index (χ1) is 10.7.